The Hall–Kier alpha value is -2.71. The number of hydrogen-bond donors (Lipinski definition) is 1. The summed E-state index contributed by atoms with van der Waals surface area (Å²) in [6.07, 6.45) is 3.58. The second-order valence-electron chi connectivity index (χ2n) is 4.88. The normalized spacial score (nSPS) is 14.3. The monoisotopic (exact) mass is 303 g/mol. The molecule has 22 heavy (non-hydrogen) atoms. The predicted octanol–water partition coefficient (Wildman–Crippen LogP) is 2.37. The summed E-state index contributed by atoms with van der Waals surface area (Å²) < 4.78 is 0. The lowest BCUT2D eigenvalue weighted by Gasteiger charge is -2.33. The number of aromatic nitrogens is 1. The Bertz CT molecular complexity index is 595. The van der Waals surface area contributed by atoms with E-state index in [1.165, 1.54) is 12.5 Å². The molecule has 7 heteroatoms. The molecule has 1 aliphatic heterocycles. The predicted molar refractivity (Wildman–Crippen MR) is 77.7 cm³/mol. The highest BCUT2D eigenvalue weighted by molar-refractivity contribution is 5.87. The second-order valence-corrected chi connectivity index (χ2v) is 4.88. The lowest BCUT2D eigenvalue weighted by molar-refractivity contribution is -0.191. The molecule has 1 aliphatic rings. The van der Waals surface area contributed by atoms with Crippen molar-refractivity contribution in [1.29, 1.82) is 0 Å². The van der Waals surface area contributed by atoms with Gasteiger partial charge in [-0.1, -0.05) is 19.4 Å². The largest absolute Gasteiger partial charge is 0.477 e. The Morgan fingerprint density at radius 3 is 2.50 bits per heavy atom. The zero-order valence-corrected chi connectivity index (χ0v) is 12.3. The van der Waals surface area contributed by atoms with E-state index in [9.17, 15) is 4.79 Å². The Morgan fingerprint density at radius 1 is 1.45 bits per heavy atom. The highest BCUT2D eigenvalue weighted by Gasteiger charge is 2.22. The van der Waals surface area contributed by atoms with E-state index in [1.807, 2.05) is 4.90 Å². The van der Waals surface area contributed by atoms with Crippen LogP contribution in [0.15, 0.2) is 12.1 Å². The van der Waals surface area contributed by atoms with Crippen LogP contribution in [0, 0.1) is 12.5 Å². The average molecular weight is 303 g/mol. The molecular formula is C15H17N3O4. The van der Waals surface area contributed by atoms with Gasteiger partial charge in [0.05, 0.1) is 6.57 Å². The molecule has 0 aliphatic carbocycles. The van der Waals surface area contributed by atoms with Gasteiger partial charge in [-0.25, -0.2) is 14.6 Å². The highest BCUT2D eigenvalue weighted by atomic mass is 16.4. The SMILES string of the molecule is O=C=O.[C-]#[N+]c1ccc(C(=O)O)nc1N1CCC(CC)CC1. The van der Waals surface area contributed by atoms with Gasteiger partial charge in [0, 0.05) is 13.1 Å². The highest BCUT2D eigenvalue weighted by Crippen LogP contribution is 2.31. The van der Waals surface area contributed by atoms with Crippen molar-refractivity contribution in [2.75, 3.05) is 18.0 Å². The first-order valence-corrected chi connectivity index (χ1v) is 6.93. The molecule has 1 fully saturated rings. The van der Waals surface area contributed by atoms with Crippen molar-refractivity contribution in [2.24, 2.45) is 5.92 Å². The van der Waals surface area contributed by atoms with Gasteiger partial charge in [0.1, 0.15) is 11.5 Å². The molecule has 2 heterocycles. The van der Waals surface area contributed by atoms with E-state index in [-0.39, 0.29) is 11.8 Å². The van der Waals surface area contributed by atoms with E-state index in [0.29, 0.717) is 11.5 Å². The first-order valence-electron chi connectivity index (χ1n) is 6.93. The summed E-state index contributed by atoms with van der Waals surface area (Å²) >= 11 is 0. The summed E-state index contributed by atoms with van der Waals surface area (Å²) in [5, 5.41) is 8.99. The lowest BCUT2D eigenvalue weighted by Crippen LogP contribution is -2.34. The first kappa shape index (κ1) is 17.3. The van der Waals surface area contributed by atoms with Gasteiger partial charge in [0.2, 0.25) is 5.69 Å². The number of rotatable bonds is 3. The van der Waals surface area contributed by atoms with Crippen LogP contribution in [-0.4, -0.2) is 35.3 Å². The minimum Gasteiger partial charge on any atom is -0.477 e. The van der Waals surface area contributed by atoms with Crippen LogP contribution >= 0.6 is 0 Å². The third-order valence-corrected chi connectivity index (χ3v) is 3.69. The summed E-state index contributed by atoms with van der Waals surface area (Å²) in [4.78, 5) is 36.8. The van der Waals surface area contributed by atoms with Crippen LogP contribution in [0.1, 0.15) is 36.7 Å². The van der Waals surface area contributed by atoms with E-state index < -0.39 is 5.97 Å². The van der Waals surface area contributed by atoms with Gasteiger partial charge in [-0.3, -0.25) is 0 Å². The van der Waals surface area contributed by atoms with E-state index in [4.69, 9.17) is 21.3 Å². The Kier molecular flexibility index (Phi) is 6.74. The molecule has 7 nitrogen and oxygen atoms in total. The lowest BCUT2D eigenvalue weighted by atomic mass is 9.94. The number of hydrogen-bond acceptors (Lipinski definition) is 5. The van der Waals surface area contributed by atoms with Crippen molar-refractivity contribution < 1.29 is 19.5 Å². The summed E-state index contributed by atoms with van der Waals surface area (Å²) in [6, 6.07) is 2.93. The third kappa shape index (κ3) is 4.40. The van der Waals surface area contributed by atoms with Crippen molar-refractivity contribution in [3.63, 3.8) is 0 Å². The Morgan fingerprint density at radius 2 is 2.05 bits per heavy atom. The second kappa shape index (κ2) is 8.55. The van der Waals surface area contributed by atoms with Crippen LogP contribution in [0.2, 0.25) is 0 Å². The van der Waals surface area contributed by atoms with Crippen LogP contribution in [0.5, 0.6) is 0 Å². The molecule has 0 radical (unpaired) electrons. The van der Waals surface area contributed by atoms with Gasteiger partial charge in [0.25, 0.3) is 0 Å². The third-order valence-electron chi connectivity index (χ3n) is 3.69. The fourth-order valence-corrected chi connectivity index (χ4v) is 2.43. The molecule has 1 N–H and O–H groups in total. The maximum Gasteiger partial charge on any atom is 0.373 e. The minimum atomic E-state index is -1.05. The molecule has 0 aromatic carbocycles. The number of pyridine rings is 1. The van der Waals surface area contributed by atoms with Gasteiger partial charge < -0.3 is 10.0 Å². The zero-order chi connectivity index (χ0) is 16.5. The molecule has 1 aromatic heterocycles. The quantitative estimate of drug-likeness (QED) is 0.862. The van der Waals surface area contributed by atoms with Crippen LogP contribution in [0.4, 0.5) is 11.5 Å². The number of carboxylic acid groups (broad SMARTS) is 1. The number of piperidine rings is 1. The van der Waals surface area contributed by atoms with Gasteiger partial charge >= 0.3 is 12.1 Å². The molecule has 2 rings (SSSR count). The summed E-state index contributed by atoms with van der Waals surface area (Å²) in [7, 11) is 0. The van der Waals surface area contributed by atoms with E-state index in [2.05, 4.69) is 16.8 Å². The maximum atomic E-state index is 11.0. The number of carbonyl (C=O) groups excluding carboxylic acids is 2. The maximum absolute atomic E-state index is 11.0. The Labute approximate surface area is 128 Å². The molecule has 116 valence electrons. The topological polar surface area (TPSA) is 91.9 Å². The fraction of sp³-hybridized carbons (Fsp3) is 0.467. The van der Waals surface area contributed by atoms with E-state index in [1.54, 1.807) is 6.07 Å². The van der Waals surface area contributed by atoms with Gasteiger partial charge in [-0.05, 0) is 24.8 Å². The van der Waals surface area contributed by atoms with Crippen LogP contribution in [0.25, 0.3) is 4.85 Å². The van der Waals surface area contributed by atoms with Crippen molar-refractivity contribution in [3.05, 3.63) is 29.2 Å². The average Bonchev–Trinajstić information content (AvgIpc) is 2.55. The fourth-order valence-electron chi connectivity index (χ4n) is 2.43. The van der Waals surface area contributed by atoms with Crippen molar-refractivity contribution in [2.45, 2.75) is 26.2 Å². The number of carbonyl (C=O) groups is 1. The van der Waals surface area contributed by atoms with Crippen LogP contribution in [-0.2, 0) is 9.59 Å². The molecule has 0 atom stereocenters. The van der Waals surface area contributed by atoms with Gasteiger partial charge in [-0.2, -0.15) is 9.59 Å². The van der Waals surface area contributed by atoms with Crippen molar-refractivity contribution in [3.8, 4) is 0 Å². The number of nitrogens with zero attached hydrogens (tertiary/aromatic N) is 3. The number of aromatic carboxylic acids is 1. The van der Waals surface area contributed by atoms with Gasteiger partial charge in [0.15, 0.2) is 0 Å². The van der Waals surface area contributed by atoms with Crippen LogP contribution < -0.4 is 4.90 Å². The molecule has 0 unspecified atom stereocenters. The Balaban J connectivity index is 0.000000745. The summed E-state index contributed by atoms with van der Waals surface area (Å²) in [6.45, 7) is 11.0. The molecule has 0 saturated carbocycles. The van der Waals surface area contributed by atoms with Crippen molar-refractivity contribution in [1.82, 2.24) is 4.98 Å². The van der Waals surface area contributed by atoms with Crippen molar-refractivity contribution >= 4 is 23.6 Å². The minimum absolute atomic E-state index is 0.0000139. The zero-order valence-electron chi connectivity index (χ0n) is 12.3. The molecule has 0 spiro atoms. The first-order chi connectivity index (χ1) is 10.6. The molecule has 0 amide bonds. The van der Waals surface area contributed by atoms with E-state index >= 15 is 0 Å². The summed E-state index contributed by atoms with van der Waals surface area (Å²) in [5.74, 6) is 0.195. The summed E-state index contributed by atoms with van der Waals surface area (Å²) in [5.41, 5.74) is 0.431. The molecule has 1 saturated heterocycles. The van der Waals surface area contributed by atoms with Crippen LogP contribution in [0.3, 0.4) is 0 Å². The van der Waals surface area contributed by atoms with Gasteiger partial charge in [-0.15, -0.1) is 0 Å². The standard InChI is InChI=1S/C14H17N3O2.CO2/c1-3-10-6-8-17(9-7-10)13-11(15-2)4-5-12(16-13)14(18)19;2-1-3/h4-5,10H,3,6-9H2,1H3,(H,18,19);. The number of anilines is 1. The molecule has 0 bridgehead atoms. The smallest absolute Gasteiger partial charge is 0.373 e. The molecular weight excluding hydrogens is 286 g/mol. The molecule has 1 aromatic rings. The van der Waals surface area contributed by atoms with E-state index in [0.717, 1.165) is 31.8 Å². The number of carboxylic acids is 1.